The van der Waals surface area contributed by atoms with E-state index in [4.69, 9.17) is 9.47 Å². The maximum atomic E-state index is 12.7. The lowest BCUT2D eigenvalue weighted by atomic mass is 9.97. The Hall–Kier alpha value is -2.49. The summed E-state index contributed by atoms with van der Waals surface area (Å²) in [5.41, 5.74) is 3.30. The molecule has 1 aliphatic carbocycles. The second-order valence-corrected chi connectivity index (χ2v) is 8.64. The maximum Gasteiger partial charge on any atom is 0.227 e. The number of benzene rings is 2. The van der Waals surface area contributed by atoms with Gasteiger partial charge in [-0.05, 0) is 81.8 Å². The van der Waals surface area contributed by atoms with Gasteiger partial charge < -0.3 is 14.4 Å². The zero-order valence-electron chi connectivity index (χ0n) is 17.7. The number of carbonyl (C=O) groups is 1. The molecule has 1 saturated heterocycles. The Morgan fingerprint density at radius 3 is 2.55 bits per heavy atom. The second kappa shape index (κ2) is 8.48. The fourth-order valence-electron chi connectivity index (χ4n) is 4.38. The van der Waals surface area contributed by atoms with E-state index < -0.39 is 0 Å². The largest absolute Gasteiger partial charge is 0.487 e. The van der Waals surface area contributed by atoms with Gasteiger partial charge in [-0.1, -0.05) is 18.2 Å². The van der Waals surface area contributed by atoms with E-state index in [0.29, 0.717) is 13.0 Å². The molecule has 1 aliphatic heterocycles. The number of amides is 1. The maximum absolute atomic E-state index is 12.7. The van der Waals surface area contributed by atoms with E-state index in [0.717, 1.165) is 35.6 Å². The first kappa shape index (κ1) is 19.8. The van der Waals surface area contributed by atoms with Crippen LogP contribution in [-0.2, 0) is 4.79 Å². The first-order valence-corrected chi connectivity index (χ1v) is 10.8. The van der Waals surface area contributed by atoms with E-state index in [1.165, 1.54) is 18.4 Å². The number of ether oxygens (including phenoxy) is 2. The lowest BCUT2D eigenvalue weighted by Crippen LogP contribution is -2.24. The Kier molecular flexibility index (Phi) is 5.79. The summed E-state index contributed by atoms with van der Waals surface area (Å²) in [4.78, 5) is 14.6. The van der Waals surface area contributed by atoms with E-state index in [9.17, 15) is 4.79 Å². The molecule has 2 aromatic carbocycles. The minimum atomic E-state index is 0.0941. The van der Waals surface area contributed by atoms with Gasteiger partial charge in [0.05, 0.1) is 12.2 Å². The SMILES string of the molecule is Cc1cccc(N2C[C@@H](c3ccc(OC(C)C)c(OC4CCCC4)c3)CC2=O)c1. The van der Waals surface area contributed by atoms with Crippen molar-refractivity contribution in [1.82, 2.24) is 0 Å². The van der Waals surface area contributed by atoms with Crippen molar-refractivity contribution in [3.8, 4) is 11.5 Å². The van der Waals surface area contributed by atoms with E-state index in [2.05, 4.69) is 31.2 Å². The van der Waals surface area contributed by atoms with Crippen LogP contribution in [0.25, 0.3) is 0 Å². The van der Waals surface area contributed by atoms with Gasteiger partial charge in [-0.15, -0.1) is 0 Å². The van der Waals surface area contributed by atoms with E-state index in [-0.39, 0.29) is 24.0 Å². The number of anilines is 1. The third-order valence-corrected chi connectivity index (χ3v) is 5.84. The van der Waals surface area contributed by atoms with Gasteiger partial charge in [0.2, 0.25) is 5.91 Å². The summed E-state index contributed by atoms with van der Waals surface area (Å²) in [6, 6.07) is 14.4. The number of rotatable bonds is 6. The highest BCUT2D eigenvalue weighted by atomic mass is 16.5. The summed E-state index contributed by atoms with van der Waals surface area (Å²) < 4.78 is 12.3. The molecule has 0 aromatic heterocycles. The molecule has 0 N–H and O–H groups in total. The molecule has 2 aromatic rings. The van der Waals surface area contributed by atoms with Gasteiger partial charge in [-0.3, -0.25) is 4.79 Å². The van der Waals surface area contributed by atoms with Crippen LogP contribution in [0.15, 0.2) is 42.5 Å². The molecule has 4 rings (SSSR count). The van der Waals surface area contributed by atoms with Crippen LogP contribution in [0, 0.1) is 6.92 Å². The normalized spacial score (nSPS) is 19.9. The monoisotopic (exact) mass is 393 g/mol. The minimum absolute atomic E-state index is 0.0941. The minimum Gasteiger partial charge on any atom is -0.487 e. The summed E-state index contributed by atoms with van der Waals surface area (Å²) in [6.07, 6.45) is 5.57. The molecule has 1 atom stereocenters. The first-order valence-electron chi connectivity index (χ1n) is 10.8. The first-order chi connectivity index (χ1) is 14.0. The lowest BCUT2D eigenvalue weighted by molar-refractivity contribution is -0.117. The predicted molar refractivity (Wildman–Crippen MR) is 116 cm³/mol. The zero-order valence-corrected chi connectivity index (χ0v) is 17.7. The third kappa shape index (κ3) is 4.58. The highest BCUT2D eigenvalue weighted by molar-refractivity contribution is 5.96. The quantitative estimate of drug-likeness (QED) is 0.639. The average molecular weight is 394 g/mol. The molecule has 1 saturated carbocycles. The summed E-state index contributed by atoms with van der Waals surface area (Å²) in [5.74, 6) is 1.98. The molecular weight excluding hydrogens is 362 g/mol. The van der Waals surface area contributed by atoms with Crippen LogP contribution in [0.2, 0.25) is 0 Å². The Bertz CT molecular complexity index is 870. The van der Waals surface area contributed by atoms with Gasteiger partial charge in [0.1, 0.15) is 0 Å². The Balaban J connectivity index is 1.56. The van der Waals surface area contributed by atoms with Gasteiger partial charge in [0, 0.05) is 24.6 Å². The standard InChI is InChI=1S/C25H31NO3/c1-17(2)28-23-12-11-19(14-24(23)29-22-9-4-5-10-22)20-15-25(27)26(16-20)21-8-6-7-18(3)13-21/h6-8,11-14,17,20,22H,4-5,9-10,15-16H2,1-3H3/t20-/m0/s1. The smallest absolute Gasteiger partial charge is 0.227 e. The molecule has 1 heterocycles. The average Bonchev–Trinajstić information content (AvgIpc) is 3.32. The van der Waals surface area contributed by atoms with Crippen molar-refractivity contribution in [2.45, 2.75) is 71.0 Å². The van der Waals surface area contributed by atoms with Crippen LogP contribution in [0.1, 0.15) is 63.0 Å². The summed E-state index contributed by atoms with van der Waals surface area (Å²) >= 11 is 0. The third-order valence-electron chi connectivity index (χ3n) is 5.84. The summed E-state index contributed by atoms with van der Waals surface area (Å²) in [5, 5.41) is 0. The van der Waals surface area contributed by atoms with Crippen LogP contribution in [0.3, 0.4) is 0 Å². The van der Waals surface area contributed by atoms with Gasteiger partial charge in [0.15, 0.2) is 11.5 Å². The van der Waals surface area contributed by atoms with Gasteiger partial charge in [-0.25, -0.2) is 0 Å². The highest BCUT2D eigenvalue weighted by Gasteiger charge is 2.32. The second-order valence-electron chi connectivity index (χ2n) is 8.64. The van der Waals surface area contributed by atoms with Crippen LogP contribution in [0.5, 0.6) is 11.5 Å². The number of hydrogen-bond donors (Lipinski definition) is 0. The Morgan fingerprint density at radius 2 is 1.83 bits per heavy atom. The van der Waals surface area contributed by atoms with Crippen molar-refractivity contribution in [1.29, 1.82) is 0 Å². The van der Waals surface area contributed by atoms with Crippen LogP contribution >= 0.6 is 0 Å². The van der Waals surface area contributed by atoms with Gasteiger partial charge in [-0.2, -0.15) is 0 Å². The molecule has 0 bridgehead atoms. The highest BCUT2D eigenvalue weighted by Crippen LogP contribution is 2.38. The molecule has 29 heavy (non-hydrogen) atoms. The number of carbonyl (C=O) groups excluding carboxylic acids is 1. The summed E-state index contributed by atoms with van der Waals surface area (Å²) in [7, 11) is 0. The molecule has 1 amide bonds. The topological polar surface area (TPSA) is 38.8 Å². The number of aryl methyl sites for hydroxylation is 1. The van der Waals surface area contributed by atoms with Crippen molar-refractivity contribution in [3.05, 3.63) is 53.6 Å². The predicted octanol–water partition coefficient (Wildman–Crippen LogP) is 5.62. The lowest BCUT2D eigenvalue weighted by Gasteiger charge is -2.21. The van der Waals surface area contributed by atoms with Crippen LogP contribution in [-0.4, -0.2) is 24.7 Å². The molecule has 0 spiro atoms. The molecule has 4 heteroatoms. The van der Waals surface area contributed by atoms with E-state index in [1.807, 2.05) is 36.9 Å². The molecular formula is C25H31NO3. The summed E-state index contributed by atoms with van der Waals surface area (Å²) in [6.45, 7) is 6.82. The van der Waals surface area contributed by atoms with Crippen LogP contribution in [0.4, 0.5) is 5.69 Å². The molecule has 4 nitrogen and oxygen atoms in total. The zero-order chi connectivity index (χ0) is 20.4. The molecule has 2 aliphatic rings. The van der Waals surface area contributed by atoms with Crippen molar-refractivity contribution in [3.63, 3.8) is 0 Å². The van der Waals surface area contributed by atoms with Crippen LogP contribution < -0.4 is 14.4 Å². The Morgan fingerprint density at radius 1 is 1.03 bits per heavy atom. The number of nitrogens with zero attached hydrogens (tertiary/aromatic N) is 1. The van der Waals surface area contributed by atoms with Crippen molar-refractivity contribution >= 4 is 11.6 Å². The number of hydrogen-bond acceptors (Lipinski definition) is 3. The van der Waals surface area contributed by atoms with E-state index in [1.54, 1.807) is 0 Å². The molecule has 2 fully saturated rings. The molecule has 154 valence electrons. The van der Waals surface area contributed by atoms with Crippen molar-refractivity contribution in [2.24, 2.45) is 0 Å². The Labute approximate surface area is 173 Å². The van der Waals surface area contributed by atoms with Gasteiger partial charge >= 0.3 is 0 Å². The van der Waals surface area contributed by atoms with E-state index >= 15 is 0 Å². The molecule has 0 unspecified atom stereocenters. The van der Waals surface area contributed by atoms with Crippen molar-refractivity contribution in [2.75, 3.05) is 11.4 Å². The van der Waals surface area contributed by atoms with Gasteiger partial charge in [0.25, 0.3) is 0 Å². The molecule has 0 radical (unpaired) electrons. The van der Waals surface area contributed by atoms with Crippen molar-refractivity contribution < 1.29 is 14.3 Å². The fraction of sp³-hybridized carbons (Fsp3) is 0.480. The fourth-order valence-corrected chi connectivity index (χ4v) is 4.38.